The van der Waals surface area contributed by atoms with E-state index in [1.807, 2.05) is 0 Å². The summed E-state index contributed by atoms with van der Waals surface area (Å²) in [6, 6.07) is 0. The Morgan fingerprint density at radius 2 is 1.16 bits per heavy atom. The molecule has 8 heteroatoms. The molecule has 0 aromatic rings. The zero-order valence-corrected chi connectivity index (χ0v) is 10.7. The third kappa shape index (κ3) is 3.42. The summed E-state index contributed by atoms with van der Waals surface area (Å²) >= 11 is 0. The summed E-state index contributed by atoms with van der Waals surface area (Å²) in [5.74, 6) is -3.10. The second kappa shape index (κ2) is 4.72. The van der Waals surface area contributed by atoms with Crippen LogP contribution in [0.25, 0.3) is 0 Å². The molecule has 0 amide bonds. The molecular formula is C11H14F6O2. The minimum Gasteiger partial charge on any atom is -0.511 e. The Bertz CT molecular complexity index is 387. The molecule has 0 spiro atoms. The minimum atomic E-state index is -4.93. The predicted octanol–water partition coefficient (Wildman–Crippen LogP) is 4.17. The first-order valence-electron chi connectivity index (χ1n) is 5.14. The van der Waals surface area contributed by atoms with Crippen LogP contribution < -0.4 is 0 Å². The summed E-state index contributed by atoms with van der Waals surface area (Å²) < 4.78 is 75.1. The fourth-order valence-electron chi connectivity index (χ4n) is 0.770. The highest BCUT2D eigenvalue weighted by Crippen LogP contribution is 2.44. The van der Waals surface area contributed by atoms with Crippen LogP contribution in [0.15, 0.2) is 11.8 Å². The van der Waals surface area contributed by atoms with Crippen LogP contribution in [0.1, 0.15) is 27.7 Å². The van der Waals surface area contributed by atoms with Gasteiger partial charge in [-0.1, -0.05) is 0 Å². The zero-order valence-electron chi connectivity index (χ0n) is 10.7. The van der Waals surface area contributed by atoms with E-state index < -0.39 is 34.7 Å². The fraction of sp³-hybridized carbons (Fsp3) is 0.727. The van der Waals surface area contributed by atoms with Crippen LogP contribution in [0.5, 0.6) is 0 Å². The van der Waals surface area contributed by atoms with Crippen molar-refractivity contribution in [2.75, 3.05) is 0 Å². The van der Waals surface area contributed by atoms with Crippen molar-refractivity contribution in [3.05, 3.63) is 11.8 Å². The monoisotopic (exact) mass is 292 g/mol. The van der Waals surface area contributed by atoms with Crippen LogP contribution in [0.4, 0.5) is 26.3 Å². The number of allylic oxidation sites excluding steroid dienone is 2. The molecule has 0 atom stereocenters. The average molecular weight is 292 g/mol. The Balaban J connectivity index is 5.46. The van der Waals surface area contributed by atoms with Gasteiger partial charge in [-0.2, -0.15) is 26.3 Å². The zero-order chi connectivity index (χ0) is 15.9. The molecule has 112 valence electrons. The van der Waals surface area contributed by atoms with Crippen LogP contribution in [0.3, 0.4) is 0 Å². The van der Waals surface area contributed by atoms with Gasteiger partial charge in [0, 0.05) is 6.08 Å². The highest BCUT2D eigenvalue weighted by atomic mass is 19.4. The summed E-state index contributed by atoms with van der Waals surface area (Å²) in [5, 5.41) is 9.26. The number of halogens is 6. The Kier molecular flexibility index (Phi) is 4.42. The number of hydrogen-bond acceptors (Lipinski definition) is 2. The Morgan fingerprint density at radius 3 is 1.42 bits per heavy atom. The SMILES string of the molecule is CC(C)(C(=O)C=C(O)C(C)(C)C(F)(F)F)C(F)(F)F. The minimum absolute atomic E-state index is 0.0129. The smallest absolute Gasteiger partial charge is 0.401 e. The van der Waals surface area contributed by atoms with E-state index in [0.29, 0.717) is 27.7 Å². The van der Waals surface area contributed by atoms with E-state index in [2.05, 4.69) is 0 Å². The molecule has 0 aliphatic rings. The van der Waals surface area contributed by atoms with Gasteiger partial charge in [-0.15, -0.1) is 0 Å². The normalized spacial score (nSPS) is 15.6. The molecule has 0 aromatic heterocycles. The standard InChI is InChI=1S/C11H14F6O2/c1-8(2,10(12,13)14)6(18)5-7(19)9(3,4)11(15,16)17/h5,18H,1-4H3. The number of hydrogen-bond donors (Lipinski definition) is 1. The van der Waals surface area contributed by atoms with Crippen LogP contribution >= 0.6 is 0 Å². The van der Waals surface area contributed by atoms with Gasteiger partial charge in [0.05, 0.1) is 0 Å². The van der Waals surface area contributed by atoms with Crippen molar-refractivity contribution in [3.8, 4) is 0 Å². The van der Waals surface area contributed by atoms with Gasteiger partial charge in [-0.25, -0.2) is 0 Å². The quantitative estimate of drug-likeness (QED) is 0.481. The van der Waals surface area contributed by atoms with E-state index in [0.717, 1.165) is 0 Å². The lowest BCUT2D eigenvalue weighted by Gasteiger charge is -2.28. The number of aliphatic hydroxyl groups is 1. The second-order valence-corrected chi connectivity index (χ2v) is 5.14. The Hall–Kier alpha value is -1.21. The maximum Gasteiger partial charge on any atom is 0.401 e. The van der Waals surface area contributed by atoms with E-state index >= 15 is 0 Å². The van der Waals surface area contributed by atoms with Gasteiger partial charge < -0.3 is 5.11 Å². The second-order valence-electron chi connectivity index (χ2n) is 5.14. The van der Waals surface area contributed by atoms with Crippen molar-refractivity contribution >= 4 is 5.78 Å². The van der Waals surface area contributed by atoms with E-state index in [9.17, 15) is 36.2 Å². The first-order chi connectivity index (χ1) is 8.05. The number of carbonyl (C=O) groups excluding carboxylic acids is 1. The van der Waals surface area contributed by atoms with Gasteiger partial charge in [0.25, 0.3) is 0 Å². The number of ketones is 1. The lowest BCUT2D eigenvalue weighted by atomic mass is 9.83. The summed E-state index contributed by atoms with van der Waals surface area (Å²) in [7, 11) is 0. The molecule has 19 heavy (non-hydrogen) atoms. The van der Waals surface area contributed by atoms with Gasteiger partial charge in [0.2, 0.25) is 0 Å². The van der Waals surface area contributed by atoms with Crippen LogP contribution in [-0.4, -0.2) is 23.2 Å². The molecule has 1 N–H and O–H groups in total. The number of rotatable bonds is 3. The third-order valence-corrected chi connectivity index (χ3v) is 2.94. The van der Waals surface area contributed by atoms with Crippen molar-refractivity contribution in [3.63, 3.8) is 0 Å². The molecule has 0 heterocycles. The number of carbonyl (C=O) groups is 1. The molecule has 0 rings (SSSR count). The molecule has 0 fully saturated rings. The summed E-state index contributed by atoms with van der Waals surface area (Å²) in [5.41, 5.74) is -5.67. The molecule has 0 bridgehead atoms. The molecule has 2 nitrogen and oxygen atoms in total. The summed E-state index contributed by atoms with van der Waals surface area (Å²) in [4.78, 5) is 11.4. The molecule has 0 saturated carbocycles. The molecule has 0 aliphatic carbocycles. The van der Waals surface area contributed by atoms with Crippen molar-refractivity contribution in [1.82, 2.24) is 0 Å². The van der Waals surface area contributed by atoms with E-state index in [1.165, 1.54) is 0 Å². The van der Waals surface area contributed by atoms with Crippen LogP contribution in [0.2, 0.25) is 0 Å². The van der Waals surface area contributed by atoms with Crippen molar-refractivity contribution < 1.29 is 36.2 Å². The molecular weight excluding hydrogens is 278 g/mol. The third-order valence-electron chi connectivity index (χ3n) is 2.94. The van der Waals surface area contributed by atoms with Crippen molar-refractivity contribution in [2.45, 2.75) is 40.0 Å². The van der Waals surface area contributed by atoms with E-state index in [4.69, 9.17) is 0 Å². The average Bonchev–Trinajstić information content (AvgIpc) is 2.13. The lowest BCUT2D eigenvalue weighted by Crippen LogP contribution is -2.40. The Morgan fingerprint density at radius 1 is 0.842 bits per heavy atom. The van der Waals surface area contributed by atoms with Crippen molar-refractivity contribution in [2.24, 2.45) is 10.8 Å². The highest BCUT2D eigenvalue weighted by Gasteiger charge is 2.54. The summed E-state index contributed by atoms with van der Waals surface area (Å²) in [6.07, 6.45) is -9.83. The molecule has 0 aromatic carbocycles. The van der Waals surface area contributed by atoms with Crippen molar-refractivity contribution in [1.29, 1.82) is 0 Å². The first-order valence-corrected chi connectivity index (χ1v) is 5.14. The van der Waals surface area contributed by atoms with Gasteiger partial charge in [-0.05, 0) is 27.7 Å². The highest BCUT2D eigenvalue weighted by molar-refractivity contribution is 5.95. The predicted molar refractivity (Wildman–Crippen MR) is 55.4 cm³/mol. The first kappa shape index (κ1) is 17.8. The maximum absolute atomic E-state index is 12.5. The van der Waals surface area contributed by atoms with E-state index in [1.54, 1.807) is 0 Å². The van der Waals surface area contributed by atoms with E-state index in [-0.39, 0.29) is 6.08 Å². The molecule has 0 saturated heterocycles. The van der Waals surface area contributed by atoms with Gasteiger partial charge >= 0.3 is 12.4 Å². The molecule has 0 radical (unpaired) electrons. The topological polar surface area (TPSA) is 37.3 Å². The lowest BCUT2D eigenvalue weighted by molar-refractivity contribution is -0.209. The largest absolute Gasteiger partial charge is 0.511 e. The fourth-order valence-corrected chi connectivity index (χ4v) is 0.770. The molecule has 0 unspecified atom stereocenters. The van der Waals surface area contributed by atoms with Gasteiger partial charge in [0.15, 0.2) is 5.78 Å². The molecule has 0 aliphatic heterocycles. The Labute approximate surface area is 106 Å². The number of alkyl halides is 6. The summed E-state index contributed by atoms with van der Waals surface area (Å²) in [6.45, 7) is 2.18. The van der Waals surface area contributed by atoms with Crippen LogP contribution in [0, 0.1) is 10.8 Å². The van der Waals surface area contributed by atoms with Crippen LogP contribution in [-0.2, 0) is 4.79 Å². The maximum atomic E-state index is 12.5. The van der Waals surface area contributed by atoms with Gasteiger partial charge in [-0.3, -0.25) is 4.79 Å². The number of aliphatic hydroxyl groups excluding tert-OH is 1. The van der Waals surface area contributed by atoms with Gasteiger partial charge in [0.1, 0.15) is 16.6 Å².